The Kier molecular flexibility index (Phi) is 3.27. The number of hydrogen-bond acceptors (Lipinski definition) is 2. The molecule has 1 heterocycles. The average Bonchev–Trinajstić information content (AvgIpc) is 2.88. The van der Waals surface area contributed by atoms with Crippen LogP contribution in [0.1, 0.15) is 19.3 Å². The van der Waals surface area contributed by atoms with Gasteiger partial charge in [-0.1, -0.05) is 5.92 Å². The smallest absolute Gasteiger partial charge is 0.227 e. The lowest BCUT2D eigenvalue weighted by atomic mass is 10.1. The Morgan fingerprint density at radius 2 is 2.27 bits per heavy atom. The minimum absolute atomic E-state index is 0.164. The molecule has 3 nitrogen and oxygen atoms in total. The Labute approximate surface area is 91.2 Å². The highest BCUT2D eigenvalue weighted by Crippen LogP contribution is 2.30. The van der Waals surface area contributed by atoms with Crippen LogP contribution in [0.25, 0.3) is 0 Å². The lowest BCUT2D eigenvalue weighted by Gasteiger charge is -2.23. The van der Waals surface area contributed by atoms with Crippen LogP contribution in [0.2, 0.25) is 0 Å². The molecule has 1 aliphatic carbocycles. The highest BCUT2D eigenvalue weighted by molar-refractivity contribution is 5.79. The quantitative estimate of drug-likeness (QED) is 0.678. The van der Waals surface area contributed by atoms with Crippen LogP contribution < -0.4 is 5.32 Å². The zero-order valence-electron chi connectivity index (χ0n) is 9.04. The second-order valence-corrected chi connectivity index (χ2v) is 4.56. The van der Waals surface area contributed by atoms with Crippen LogP contribution in [0.15, 0.2) is 0 Å². The molecule has 82 valence electrons. The molecule has 2 rings (SSSR count). The van der Waals surface area contributed by atoms with Crippen LogP contribution in [0, 0.1) is 24.2 Å². The van der Waals surface area contributed by atoms with Crippen LogP contribution in [0.3, 0.4) is 0 Å². The van der Waals surface area contributed by atoms with Crippen molar-refractivity contribution in [2.75, 3.05) is 26.2 Å². The summed E-state index contributed by atoms with van der Waals surface area (Å²) in [6, 6.07) is 0. The van der Waals surface area contributed by atoms with Crippen molar-refractivity contribution in [2.45, 2.75) is 19.3 Å². The number of carbonyl (C=O) groups excluding carboxylic acids is 1. The topological polar surface area (TPSA) is 32.3 Å². The van der Waals surface area contributed by atoms with Crippen LogP contribution in [0.5, 0.6) is 0 Å². The Morgan fingerprint density at radius 3 is 2.80 bits per heavy atom. The van der Waals surface area contributed by atoms with E-state index in [1.54, 1.807) is 0 Å². The van der Waals surface area contributed by atoms with Crippen LogP contribution in [-0.4, -0.2) is 37.0 Å². The van der Waals surface area contributed by atoms with Gasteiger partial charge in [-0.25, -0.2) is 0 Å². The summed E-state index contributed by atoms with van der Waals surface area (Å²) in [5.41, 5.74) is 0. The first-order valence-corrected chi connectivity index (χ1v) is 5.74. The van der Waals surface area contributed by atoms with E-state index in [2.05, 4.69) is 11.2 Å². The summed E-state index contributed by atoms with van der Waals surface area (Å²) in [5, 5.41) is 3.22. The van der Waals surface area contributed by atoms with Gasteiger partial charge in [-0.05, 0) is 31.7 Å². The number of amides is 1. The third-order valence-corrected chi connectivity index (χ3v) is 3.18. The van der Waals surface area contributed by atoms with Crippen LogP contribution >= 0.6 is 0 Å². The second-order valence-electron chi connectivity index (χ2n) is 4.56. The molecule has 0 aromatic carbocycles. The minimum atomic E-state index is 0.164. The predicted octanol–water partition coefficient (Wildman–Crippen LogP) is 0.468. The average molecular weight is 206 g/mol. The minimum Gasteiger partial charge on any atom is -0.331 e. The molecule has 1 N–H and O–H groups in total. The van der Waals surface area contributed by atoms with Gasteiger partial charge in [-0.2, -0.15) is 0 Å². The van der Waals surface area contributed by atoms with E-state index in [0.717, 1.165) is 32.0 Å². The number of nitrogens with one attached hydrogen (secondary N) is 1. The maximum Gasteiger partial charge on any atom is 0.227 e. The van der Waals surface area contributed by atoms with Crippen molar-refractivity contribution in [3.05, 3.63) is 0 Å². The SMILES string of the molecule is C#CCN(CC1CC1)C(=O)C1CCNC1. The molecule has 0 spiro atoms. The maximum atomic E-state index is 12.1. The fourth-order valence-electron chi connectivity index (χ4n) is 2.08. The third kappa shape index (κ3) is 2.73. The van der Waals surface area contributed by atoms with E-state index in [4.69, 9.17) is 6.42 Å². The summed E-state index contributed by atoms with van der Waals surface area (Å²) in [6.45, 7) is 3.14. The molecule has 1 amide bonds. The molecule has 15 heavy (non-hydrogen) atoms. The number of carbonyl (C=O) groups is 1. The standard InChI is InChI=1S/C12H18N2O/c1-2-7-14(9-10-3-4-10)12(15)11-5-6-13-8-11/h1,10-11,13H,3-9H2. The van der Waals surface area contributed by atoms with E-state index in [0.29, 0.717) is 6.54 Å². The molecule has 1 unspecified atom stereocenters. The van der Waals surface area contributed by atoms with E-state index in [1.807, 2.05) is 4.90 Å². The van der Waals surface area contributed by atoms with Crippen molar-refractivity contribution < 1.29 is 4.79 Å². The van der Waals surface area contributed by atoms with Gasteiger partial charge in [0, 0.05) is 13.1 Å². The van der Waals surface area contributed by atoms with Crippen molar-refractivity contribution >= 4 is 5.91 Å². The largest absolute Gasteiger partial charge is 0.331 e. The van der Waals surface area contributed by atoms with Gasteiger partial charge in [0.25, 0.3) is 0 Å². The van der Waals surface area contributed by atoms with Crippen molar-refractivity contribution in [2.24, 2.45) is 11.8 Å². The monoisotopic (exact) mass is 206 g/mol. The summed E-state index contributed by atoms with van der Waals surface area (Å²) in [6.07, 6.45) is 8.79. The van der Waals surface area contributed by atoms with Gasteiger partial charge in [-0.15, -0.1) is 6.42 Å². The first-order chi connectivity index (χ1) is 7.31. The summed E-state index contributed by atoms with van der Waals surface area (Å²) in [4.78, 5) is 14.0. The molecule has 0 aromatic heterocycles. The number of hydrogen-bond donors (Lipinski definition) is 1. The molecule has 0 bridgehead atoms. The fourth-order valence-corrected chi connectivity index (χ4v) is 2.08. The molecule has 1 atom stereocenters. The molecule has 2 aliphatic rings. The molecule has 0 radical (unpaired) electrons. The number of rotatable bonds is 4. The highest BCUT2D eigenvalue weighted by Gasteiger charge is 2.31. The Hall–Kier alpha value is -1.01. The maximum absolute atomic E-state index is 12.1. The van der Waals surface area contributed by atoms with Crippen molar-refractivity contribution in [3.8, 4) is 12.3 Å². The Morgan fingerprint density at radius 1 is 1.47 bits per heavy atom. The van der Waals surface area contributed by atoms with Gasteiger partial charge in [0.2, 0.25) is 5.91 Å². The molecule has 1 saturated heterocycles. The van der Waals surface area contributed by atoms with Gasteiger partial charge in [0.15, 0.2) is 0 Å². The lowest BCUT2D eigenvalue weighted by molar-refractivity contribution is -0.134. The van der Waals surface area contributed by atoms with Gasteiger partial charge in [0.05, 0.1) is 12.5 Å². The Balaban J connectivity index is 1.89. The molecule has 3 heteroatoms. The molecule has 2 fully saturated rings. The van der Waals surface area contributed by atoms with Crippen molar-refractivity contribution in [1.29, 1.82) is 0 Å². The summed E-state index contributed by atoms with van der Waals surface area (Å²) < 4.78 is 0. The zero-order chi connectivity index (χ0) is 10.7. The first kappa shape index (κ1) is 10.5. The molecular formula is C12H18N2O. The summed E-state index contributed by atoms with van der Waals surface area (Å²) >= 11 is 0. The first-order valence-electron chi connectivity index (χ1n) is 5.74. The summed E-state index contributed by atoms with van der Waals surface area (Å²) in [5.74, 6) is 3.73. The van der Waals surface area contributed by atoms with Crippen molar-refractivity contribution in [1.82, 2.24) is 10.2 Å². The van der Waals surface area contributed by atoms with E-state index >= 15 is 0 Å². The lowest BCUT2D eigenvalue weighted by Crippen LogP contribution is -2.38. The van der Waals surface area contributed by atoms with Crippen molar-refractivity contribution in [3.63, 3.8) is 0 Å². The molecule has 1 saturated carbocycles. The van der Waals surface area contributed by atoms with Gasteiger partial charge >= 0.3 is 0 Å². The van der Waals surface area contributed by atoms with Gasteiger partial charge in [-0.3, -0.25) is 4.79 Å². The highest BCUT2D eigenvalue weighted by atomic mass is 16.2. The predicted molar refractivity (Wildman–Crippen MR) is 59.1 cm³/mol. The summed E-state index contributed by atoms with van der Waals surface area (Å²) in [7, 11) is 0. The zero-order valence-corrected chi connectivity index (χ0v) is 9.04. The van der Waals surface area contributed by atoms with E-state index in [1.165, 1.54) is 12.8 Å². The van der Waals surface area contributed by atoms with E-state index in [9.17, 15) is 4.79 Å². The van der Waals surface area contributed by atoms with E-state index in [-0.39, 0.29) is 11.8 Å². The number of terminal acetylenes is 1. The third-order valence-electron chi connectivity index (χ3n) is 3.18. The van der Waals surface area contributed by atoms with Gasteiger partial charge < -0.3 is 10.2 Å². The molecule has 0 aromatic rings. The molecule has 1 aliphatic heterocycles. The molecular weight excluding hydrogens is 188 g/mol. The van der Waals surface area contributed by atoms with Crippen LogP contribution in [-0.2, 0) is 4.79 Å². The van der Waals surface area contributed by atoms with Gasteiger partial charge in [0.1, 0.15) is 0 Å². The van der Waals surface area contributed by atoms with E-state index < -0.39 is 0 Å². The van der Waals surface area contributed by atoms with Crippen LogP contribution in [0.4, 0.5) is 0 Å². The number of nitrogens with zero attached hydrogens (tertiary/aromatic N) is 1. The Bertz CT molecular complexity index is 272. The fraction of sp³-hybridized carbons (Fsp3) is 0.750. The second kappa shape index (κ2) is 4.67. The normalized spacial score (nSPS) is 24.9.